The molecule has 0 spiro atoms. The van der Waals surface area contributed by atoms with Gasteiger partial charge in [-0.3, -0.25) is 0 Å². The molecule has 0 atom stereocenters. The number of hydrogen-bond acceptors (Lipinski definition) is 0. The molecule has 0 bridgehead atoms. The minimum absolute atomic E-state index is 1.20. The third kappa shape index (κ3) is 10.8. The Bertz CT molecular complexity index is 298. The first-order chi connectivity index (χ1) is 9.18. The van der Waals surface area contributed by atoms with Crippen LogP contribution >= 0.6 is 0 Å². The average Bonchev–Trinajstić information content (AvgIpc) is 2.42. The van der Waals surface area contributed by atoms with Crippen molar-refractivity contribution in [1.29, 1.82) is 0 Å². The van der Waals surface area contributed by atoms with Crippen LogP contribution in [0.25, 0.3) is 0 Å². The lowest BCUT2D eigenvalue weighted by Gasteiger charge is -2.11. The molecule has 0 fully saturated rings. The second kappa shape index (κ2) is 12.3. The number of allylic oxidation sites excluding steroid dienone is 6. The van der Waals surface area contributed by atoms with Gasteiger partial charge in [0, 0.05) is 0 Å². The van der Waals surface area contributed by atoms with E-state index in [1.54, 1.807) is 11.1 Å². The van der Waals surface area contributed by atoms with E-state index in [2.05, 4.69) is 39.0 Å². The van der Waals surface area contributed by atoms with Gasteiger partial charge in [-0.15, -0.1) is 0 Å². The van der Waals surface area contributed by atoms with Crippen molar-refractivity contribution < 1.29 is 0 Å². The lowest BCUT2D eigenvalue weighted by Crippen LogP contribution is -1.91. The van der Waals surface area contributed by atoms with Gasteiger partial charge in [0.25, 0.3) is 0 Å². The molecule has 0 aliphatic heterocycles. The zero-order valence-corrected chi connectivity index (χ0v) is 13.9. The maximum atomic E-state index is 2.47. The van der Waals surface area contributed by atoms with Crippen molar-refractivity contribution in [2.45, 2.75) is 86.0 Å². The summed E-state index contributed by atoms with van der Waals surface area (Å²) in [6, 6.07) is 0. The highest BCUT2D eigenvalue weighted by atomic mass is 14.1. The Morgan fingerprint density at radius 2 is 1.79 bits per heavy atom. The number of hydrogen-bond donors (Lipinski definition) is 0. The van der Waals surface area contributed by atoms with Crippen LogP contribution in [-0.4, -0.2) is 0 Å². The van der Waals surface area contributed by atoms with Gasteiger partial charge in [0.2, 0.25) is 0 Å². The van der Waals surface area contributed by atoms with Crippen LogP contribution < -0.4 is 0 Å². The molecular formula is C19H34. The van der Waals surface area contributed by atoms with Gasteiger partial charge in [-0.1, -0.05) is 48.8 Å². The number of rotatable bonds is 6. The topological polar surface area (TPSA) is 0 Å². The Morgan fingerprint density at radius 1 is 1.05 bits per heavy atom. The molecule has 1 rings (SSSR count). The molecular weight excluding hydrogens is 228 g/mol. The Hall–Kier alpha value is -0.780. The summed E-state index contributed by atoms with van der Waals surface area (Å²) in [5.41, 5.74) is 4.69. The summed E-state index contributed by atoms with van der Waals surface area (Å²) in [4.78, 5) is 0. The molecule has 0 aromatic carbocycles. The van der Waals surface area contributed by atoms with E-state index in [0.29, 0.717) is 0 Å². The maximum absolute atomic E-state index is 2.47. The van der Waals surface area contributed by atoms with Crippen molar-refractivity contribution in [3.63, 3.8) is 0 Å². The third-order valence-electron chi connectivity index (χ3n) is 3.43. The molecule has 1 aliphatic rings. The monoisotopic (exact) mass is 262 g/mol. The van der Waals surface area contributed by atoms with E-state index in [4.69, 9.17) is 0 Å². The van der Waals surface area contributed by atoms with Crippen LogP contribution in [0.5, 0.6) is 0 Å². The standard InChI is InChI=1S/C17H28.C2H6/c1-15(2)9-7-10-16(3)11-8-14-17-12-5-4-6-13-17;1-2/h9,11-12H,4-8,10,13-14H2,1-3H3;1-2H3/b16-11+;. The molecule has 0 radical (unpaired) electrons. The summed E-state index contributed by atoms with van der Waals surface area (Å²) in [6.07, 6.45) is 17.7. The first-order valence-electron chi connectivity index (χ1n) is 8.15. The Kier molecular flexibility index (Phi) is 11.8. The highest BCUT2D eigenvalue weighted by molar-refractivity contribution is 5.08. The molecule has 0 aromatic rings. The minimum Gasteiger partial charge on any atom is -0.0856 e. The van der Waals surface area contributed by atoms with Crippen LogP contribution in [0.15, 0.2) is 34.9 Å². The molecule has 0 amide bonds. The molecule has 0 unspecified atom stereocenters. The van der Waals surface area contributed by atoms with Crippen molar-refractivity contribution in [1.82, 2.24) is 0 Å². The second-order valence-corrected chi connectivity index (χ2v) is 5.52. The van der Waals surface area contributed by atoms with E-state index < -0.39 is 0 Å². The van der Waals surface area contributed by atoms with Gasteiger partial charge in [-0.25, -0.2) is 0 Å². The lowest BCUT2D eigenvalue weighted by atomic mass is 9.95. The molecule has 0 saturated carbocycles. The SMILES string of the molecule is CC.CC(C)=CCC/C(C)=C/CCC1=CCCCC1. The van der Waals surface area contributed by atoms with E-state index in [0.717, 1.165) is 0 Å². The molecule has 19 heavy (non-hydrogen) atoms. The van der Waals surface area contributed by atoms with Crippen LogP contribution in [0.4, 0.5) is 0 Å². The van der Waals surface area contributed by atoms with Crippen LogP contribution in [0.1, 0.15) is 86.0 Å². The molecule has 110 valence electrons. The van der Waals surface area contributed by atoms with E-state index in [9.17, 15) is 0 Å². The Morgan fingerprint density at radius 3 is 2.37 bits per heavy atom. The summed E-state index contributed by atoms with van der Waals surface area (Å²) in [6.45, 7) is 10.6. The van der Waals surface area contributed by atoms with Gasteiger partial charge in [-0.2, -0.15) is 0 Å². The molecule has 0 nitrogen and oxygen atoms in total. The fourth-order valence-electron chi connectivity index (χ4n) is 2.33. The van der Waals surface area contributed by atoms with Crippen LogP contribution in [0, 0.1) is 0 Å². The quantitative estimate of drug-likeness (QED) is 0.453. The fourth-order valence-corrected chi connectivity index (χ4v) is 2.33. The molecule has 0 heteroatoms. The molecule has 0 N–H and O–H groups in total. The predicted molar refractivity (Wildman–Crippen MR) is 89.6 cm³/mol. The average molecular weight is 262 g/mol. The first kappa shape index (κ1) is 18.2. The predicted octanol–water partition coefficient (Wildman–Crippen LogP) is 6.99. The van der Waals surface area contributed by atoms with Gasteiger partial charge in [-0.05, 0) is 72.1 Å². The Balaban J connectivity index is 0.00000154. The summed E-state index contributed by atoms with van der Waals surface area (Å²) >= 11 is 0. The van der Waals surface area contributed by atoms with Crippen molar-refractivity contribution in [3.05, 3.63) is 34.9 Å². The van der Waals surface area contributed by atoms with Crippen LogP contribution in [0.3, 0.4) is 0 Å². The minimum atomic E-state index is 1.20. The molecule has 0 heterocycles. The third-order valence-corrected chi connectivity index (χ3v) is 3.43. The molecule has 0 aromatic heterocycles. The van der Waals surface area contributed by atoms with Crippen molar-refractivity contribution in [2.24, 2.45) is 0 Å². The smallest absolute Gasteiger partial charge is 0.0285 e. The van der Waals surface area contributed by atoms with Gasteiger partial charge >= 0.3 is 0 Å². The molecule has 1 aliphatic carbocycles. The van der Waals surface area contributed by atoms with Crippen LogP contribution in [-0.2, 0) is 0 Å². The molecule has 0 saturated heterocycles. The Labute approximate surface area is 121 Å². The summed E-state index contributed by atoms with van der Waals surface area (Å²) in [5, 5.41) is 0. The van der Waals surface area contributed by atoms with E-state index >= 15 is 0 Å². The first-order valence-corrected chi connectivity index (χ1v) is 8.15. The van der Waals surface area contributed by atoms with Crippen molar-refractivity contribution in [2.75, 3.05) is 0 Å². The highest BCUT2D eigenvalue weighted by Crippen LogP contribution is 2.21. The van der Waals surface area contributed by atoms with Crippen molar-refractivity contribution in [3.8, 4) is 0 Å². The van der Waals surface area contributed by atoms with Crippen LogP contribution in [0.2, 0.25) is 0 Å². The summed E-state index contributed by atoms with van der Waals surface area (Å²) in [7, 11) is 0. The van der Waals surface area contributed by atoms with E-state index in [1.807, 2.05) is 13.8 Å². The van der Waals surface area contributed by atoms with Gasteiger partial charge < -0.3 is 0 Å². The van der Waals surface area contributed by atoms with Gasteiger partial charge in [0.15, 0.2) is 0 Å². The van der Waals surface area contributed by atoms with E-state index in [1.165, 1.54) is 56.9 Å². The second-order valence-electron chi connectivity index (χ2n) is 5.52. The van der Waals surface area contributed by atoms with E-state index in [-0.39, 0.29) is 0 Å². The summed E-state index contributed by atoms with van der Waals surface area (Å²) in [5.74, 6) is 0. The van der Waals surface area contributed by atoms with Gasteiger partial charge in [0.1, 0.15) is 0 Å². The zero-order valence-electron chi connectivity index (χ0n) is 13.9. The normalized spacial score (nSPS) is 15.2. The van der Waals surface area contributed by atoms with Crippen molar-refractivity contribution >= 4 is 0 Å². The maximum Gasteiger partial charge on any atom is -0.0285 e. The fraction of sp³-hybridized carbons (Fsp3) is 0.684. The lowest BCUT2D eigenvalue weighted by molar-refractivity contribution is 0.675. The van der Waals surface area contributed by atoms with Gasteiger partial charge in [0.05, 0.1) is 0 Å². The highest BCUT2D eigenvalue weighted by Gasteiger charge is 2.02. The summed E-state index contributed by atoms with van der Waals surface area (Å²) < 4.78 is 0. The largest absolute Gasteiger partial charge is 0.0856 e. The zero-order chi connectivity index (χ0) is 14.5.